The third-order valence-corrected chi connectivity index (χ3v) is 5.47. The van der Waals surface area contributed by atoms with E-state index < -0.39 is 0 Å². The average Bonchev–Trinajstić information content (AvgIpc) is 3.02. The zero-order valence-corrected chi connectivity index (χ0v) is 21.9. The molecule has 0 radical (unpaired) electrons. The summed E-state index contributed by atoms with van der Waals surface area (Å²) >= 11 is 0. The van der Waals surface area contributed by atoms with E-state index in [4.69, 9.17) is 14.2 Å². The minimum absolute atomic E-state index is 0.0575. The topological polar surface area (TPSA) is 27.7 Å². The van der Waals surface area contributed by atoms with Crippen molar-refractivity contribution >= 4 is 0 Å². The summed E-state index contributed by atoms with van der Waals surface area (Å²) in [6.45, 7) is 19.2. The summed E-state index contributed by atoms with van der Waals surface area (Å²) in [6, 6.07) is 0. The fourth-order valence-corrected chi connectivity index (χ4v) is 4.18. The summed E-state index contributed by atoms with van der Waals surface area (Å²) in [5.74, 6) is 0. The minimum Gasteiger partial charge on any atom is -0.373 e. The fraction of sp³-hybridized carbons (Fsp3) is 1.00. The molecule has 0 atom stereocenters. The predicted octanol–water partition coefficient (Wildman–Crippen LogP) is 8.23. The lowest BCUT2D eigenvalue weighted by Gasteiger charge is -2.32. The van der Waals surface area contributed by atoms with Gasteiger partial charge in [0.25, 0.3) is 0 Å². The second kappa shape index (κ2) is 12.8. The molecular weight excluding hydrogens is 372 g/mol. The lowest BCUT2D eigenvalue weighted by Crippen LogP contribution is -2.31. The summed E-state index contributed by atoms with van der Waals surface area (Å²) < 4.78 is 17.4. The van der Waals surface area contributed by atoms with E-state index in [0.717, 1.165) is 0 Å². The van der Waals surface area contributed by atoms with Gasteiger partial charge >= 0.3 is 0 Å². The Morgan fingerprint density at radius 1 is 0.367 bits per heavy atom. The number of ether oxygens (including phenoxy) is 3. The van der Waals surface area contributed by atoms with Crippen LogP contribution in [0.5, 0.6) is 0 Å². The van der Waals surface area contributed by atoms with Gasteiger partial charge in [-0.2, -0.15) is 0 Å². The van der Waals surface area contributed by atoms with Crippen molar-refractivity contribution in [2.45, 2.75) is 174 Å². The van der Waals surface area contributed by atoms with Crippen LogP contribution in [-0.2, 0) is 14.2 Å². The molecule has 0 aliphatic heterocycles. The fourth-order valence-electron chi connectivity index (χ4n) is 4.18. The normalized spacial score (nSPS) is 21.9. The molecule has 3 fully saturated rings. The molecule has 0 amide bonds. The summed E-state index contributed by atoms with van der Waals surface area (Å²) in [6.07, 6.45) is 17.5. The Kier molecular flexibility index (Phi) is 11.9. The van der Waals surface area contributed by atoms with E-state index >= 15 is 0 Å². The van der Waals surface area contributed by atoms with Crippen LogP contribution >= 0.6 is 0 Å². The molecule has 3 heteroatoms. The van der Waals surface area contributed by atoms with Crippen LogP contribution < -0.4 is 0 Å². The highest BCUT2D eigenvalue weighted by Crippen LogP contribution is 2.27. The molecule has 3 aliphatic rings. The first-order valence-corrected chi connectivity index (χ1v) is 12.8. The maximum atomic E-state index is 5.88. The van der Waals surface area contributed by atoms with E-state index in [-0.39, 0.29) is 16.8 Å². The third kappa shape index (κ3) is 15.6. The van der Waals surface area contributed by atoms with Crippen molar-refractivity contribution in [2.24, 2.45) is 0 Å². The third-order valence-electron chi connectivity index (χ3n) is 5.47. The van der Waals surface area contributed by atoms with Crippen molar-refractivity contribution in [3.63, 3.8) is 0 Å². The Balaban J connectivity index is 0.000000226. The van der Waals surface area contributed by atoms with Gasteiger partial charge in [-0.15, -0.1) is 0 Å². The lowest BCUT2D eigenvalue weighted by molar-refractivity contribution is -0.0916. The highest BCUT2D eigenvalue weighted by Gasteiger charge is 2.24. The number of rotatable bonds is 3. The molecular formula is C27H54O3. The van der Waals surface area contributed by atoms with Gasteiger partial charge in [0.2, 0.25) is 0 Å². The molecule has 0 aromatic heterocycles. The van der Waals surface area contributed by atoms with Gasteiger partial charge in [-0.3, -0.25) is 0 Å². The molecule has 180 valence electrons. The van der Waals surface area contributed by atoms with Crippen LogP contribution in [0.1, 0.15) is 139 Å². The standard InChI is InChI=1S/C10H20O.C9H18O.C8H16O/c1-10(2,3)11-9-7-5-4-6-8-9;1-9(2,3)10-8-6-4-5-7-8;1-8(2,3)9-7-5-4-6-7/h9H,4-8H2,1-3H3;8H,4-7H2,1-3H3;7H,4-6H2,1-3H3. The van der Waals surface area contributed by atoms with E-state index in [1.54, 1.807) is 0 Å². The maximum Gasteiger partial charge on any atom is 0.0602 e. The zero-order valence-electron chi connectivity index (χ0n) is 21.9. The molecule has 0 aromatic rings. The second-order valence-corrected chi connectivity index (χ2v) is 12.4. The highest BCUT2D eigenvalue weighted by molar-refractivity contribution is 4.74. The lowest BCUT2D eigenvalue weighted by atomic mass is 9.95. The van der Waals surface area contributed by atoms with Crippen molar-refractivity contribution in [1.29, 1.82) is 0 Å². The van der Waals surface area contributed by atoms with Crippen LogP contribution in [0.15, 0.2) is 0 Å². The molecule has 0 saturated heterocycles. The molecule has 30 heavy (non-hydrogen) atoms. The number of hydrogen-bond acceptors (Lipinski definition) is 3. The summed E-state index contributed by atoms with van der Waals surface area (Å²) in [7, 11) is 0. The summed E-state index contributed by atoms with van der Waals surface area (Å²) in [4.78, 5) is 0. The van der Waals surface area contributed by atoms with Crippen molar-refractivity contribution in [3.8, 4) is 0 Å². The van der Waals surface area contributed by atoms with Gasteiger partial charge in [-0.05, 0) is 107 Å². The molecule has 0 heterocycles. The van der Waals surface area contributed by atoms with Gasteiger partial charge in [0, 0.05) is 0 Å². The SMILES string of the molecule is CC(C)(C)OC1CCC1.CC(C)(C)OC1CCCC1.CC(C)(C)OC1CCCCC1. The average molecular weight is 427 g/mol. The van der Waals surface area contributed by atoms with E-state index in [2.05, 4.69) is 62.3 Å². The summed E-state index contributed by atoms with van der Waals surface area (Å²) in [5, 5.41) is 0. The van der Waals surface area contributed by atoms with Crippen molar-refractivity contribution in [3.05, 3.63) is 0 Å². The Morgan fingerprint density at radius 2 is 0.600 bits per heavy atom. The van der Waals surface area contributed by atoms with E-state index in [9.17, 15) is 0 Å². The quantitative estimate of drug-likeness (QED) is 0.455. The molecule has 0 spiro atoms. The van der Waals surface area contributed by atoms with Crippen LogP contribution in [0.3, 0.4) is 0 Å². The Labute approximate surface area is 189 Å². The maximum absolute atomic E-state index is 5.88. The van der Waals surface area contributed by atoms with Gasteiger partial charge in [-0.1, -0.05) is 32.1 Å². The first-order valence-electron chi connectivity index (χ1n) is 12.8. The first-order chi connectivity index (χ1) is 13.7. The van der Waals surface area contributed by atoms with Gasteiger partial charge in [0.15, 0.2) is 0 Å². The Bertz CT molecular complexity index is 422. The van der Waals surface area contributed by atoms with Crippen LogP contribution in [0, 0.1) is 0 Å². The molecule has 0 unspecified atom stereocenters. The molecule has 3 saturated carbocycles. The van der Waals surface area contributed by atoms with E-state index in [1.807, 2.05) is 0 Å². The van der Waals surface area contributed by atoms with Gasteiger partial charge < -0.3 is 14.2 Å². The molecule has 3 nitrogen and oxygen atoms in total. The number of hydrogen-bond donors (Lipinski definition) is 0. The highest BCUT2D eigenvalue weighted by atomic mass is 16.5. The molecule has 0 bridgehead atoms. The second-order valence-electron chi connectivity index (χ2n) is 12.4. The van der Waals surface area contributed by atoms with Crippen molar-refractivity contribution in [2.75, 3.05) is 0 Å². The van der Waals surface area contributed by atoms with Crippen molar-refractivity contribution in [1.82, 2.24) is 0 Å². The van der Waals surface area contributed by atoms with E-state index in [0.29, 0.717) is 18.3 Å². The summed E-state index contributed by atoms with van der Waals surface area (Å²) in [5.41, 5.74) is 0.197. The minimum atomic E-state index is 0.0575. The van der Waals surface area contributed by atoms with Crippen LogP contribution in [-0.4, -0.2) is 35.1 Å². The van der Waals surface area contributed by atoms with E-state index in [1.165, 1.54) is 77.0 Å². The Hall–Kier alpha value is -0.120. The van der Waals surface area contributed by atoms with Crippen LogP contribution in [0.25, 0.3) is 0 Å². The predicted molar refractivity (Wildman–Crippen MR) is 129 cm³/mol. The van der Waals surface area contributed by atoms with Crippen molar-refractivity contribution < 1.29 is 14.2 Å². The molecule has 0 N–H and O–H groups in total. The molecule has 3 aliphatic carbocycles. The molecule has 0 aromatic carbocycles. The van der Waals surface area contributed by atoms with Gasteiger partial charge in [0.05, 0.1) is 35.1 Å². The Morgan fingerprint density at radius 3 is 0.800 bits per heavy atom. The van der Waals surface area contributed by atoms with Crippen LogP contribution in [0.2, 0.25) is 0 Å². The first kappa shape index (κ1) is 27.9. The van der Waals surface area contributed by atoms with Gasteiger partial charge in [-0.25, -0.2) is 0 Å². The van der Waals surface area contributed by atoms with Gasteiger partial charge in [0.1, 0.15) is 0 Å². The monoisotopic (exact) mass is 426 g/mol. The zero-order chi connectivity index (χ0) is 22.8. The molecule has 3 rings (SSSR count). The van der Waals surface area contributed by atoms with Crippen LogP contribution in [0.4, 0.5) is 0 Å². The largest absolute Gasteiger partial charge is 0.373 e. The smallest absolute Gasteiger partial charge is 0.0602 e.